The van der Waals surface area contributed by atoms with E-state index in [1.807, 2.05) is 25.1 Å². The third-order valence-corrected chi connectivity index (χ3v) is 4.63. The van der Waals surface area contributed by atoms with E-state index in [4.69, 9.17) is 4.74 Å². The van der Waals surface area contributed by atoms with Crippen LogP contribution in [0.4, 0.5) is 0 Å². The van der Waals surface area contributed by atoms with Gasteiger partial charge in [-0.05, 0) is 49.3 Å². The second-order valence-electron chi connectivity index (χ2n) is 5.63. The molecule has 1 aromatic rings. The van der Waals surface area contributed by atoms with E-state index >= 15 is 0 Å². The van der Waals surface area contributed by atoms with Gasteiger partial charge in [-0.25, -0.2) is 0 Å². The Labute approximate surface area is 114 Å². The summed E-state index contributed by atoms with van der Waals surface area (Å²) in [5.74, 6) is 0.117. The summed E-state index contributed by atoms with van der Waals surface area (Å²) in [5, 5.41) is 0. The predicted molar refractivity (Wildman–Crippen MR) is 76.2 cm³/mol. The number of methoxy groups -OCH3 is 1. The highest BCUT2D eigenvalue weighted by Crippen LogP contribution is 2.44. The molecule has 0 N–H and O–H groups in total. The van der Waals surface area contributed by atoms with Gasteiger partial charge < -0.3 is 4.74 Å². The molecule has 2 nitrogen and oxygen atoms in total. The van der Waals surface area contributed by atoms with Crippen LogP contribution in [0.1, 0.15) is 54.9 Å². The zero-order chi connectivity index (χ0) is 13.5. The van der Waals surface area contributed by atoms with E-state index in [2.05, 4.69) is 6.07 Å². The Morgan fingerprint density at radius 1 is 1.05 bits per heavy atom. The van der Waals surface area contributed by atoms with Crippen molar-refractivity contribution in [3.63, 3.8) is 0 Å². The summed E-state index contributed by atoms with van der Waals surface area (Å²) in [7, 11) is 1.65. The Balaban J connectivity index is 2.26. The van der Waals surface area contributed by atoms with Crippen molar-refractivity contribution in [2.45, 2.75) is 44.6 Å². The van der Waals surface area contributed by atoms with Crippen LogP contribution in [0.3, 0.4) is 0 Å². The lowest BCUT2D eigenvalue weighted by atomic mass is 9.73. The van der Waals surface area contributed by atoms with Gasteiger partial charge in [-0.1, -0.05) is 30.7 Å². The van der Waals surface area contributed by atoms with Crippen LogP contribution in [0.2, 0.25) is 0 Å². The minimum absolute atomic E-state index is 0.117. The molecule has 2 heteroatoms. The van der Waals surface area contributed by atoms with Crippen LogP contribution >= 0.6 is 0 Å². The molecule has 0 saturated carbocycles. The number of fused-ring (bicyclic) bond motifs is 2. The highest BCUT2D eigenvalue weighted by Gasteiger charge is 2.44. The SMILES string of the molecule is COC1(C)C(=O)c2ccccc2C2=C1CCCCC2. The maximum Gasteiger partial charge on any atom is 0.199 e. The number of ether oxygens (including phenoxy) is 1. The van der Waals surface area contributed by atoms with Gasteiger partial charge in [0.25, 0.3) is 0 Å². The quantitative estimate of drug-likeness (QED) is 0.759. The molecule has 19 heavy (non-hydrogen) atoms. The molecule has 2 aliphatic rings. The molecule has 0 saturated heterocycles. The third-order valence-electron chi connectivity index (χ3n) is 4.63. The number of allylic oxidation sites excluding steroid dienone is 1. The second-order valence-corrected chi connectivity index (χ2v) is 5.63. The van der Waals surface area contributed by atoms with Gasteiger partial charge in [-0.15, -0.1) is 0 Å². The lowest BCUT2D eigenvalue weighted by Gasteiger charge is -2.36. The number of carbonyl (C=O) groups excluding carboxylic acids is 1. The molecule has 100 valence electrons. The summed E-state index contributed by atoms with van der Waals surface area (Å²) in [6, 6.07) is 7.99. The van der Waals surface area contributed by atoms with Crippen molar-refractivity contribution in [3.8, 4) is 0 Å². The summed E-state index contributed by atoms with van der Waals surface area (Å²) in [5.41, 5.74) is 3.79. The number of carbonyl (C=O) groups is 1. The second kappa shape index (κ2) is 4.61. The molecule has 0 aromatic heterocycles. The topological polar surface area (TPSA) is 26.3 Å². The van der Waals surface area contributed by atoms with Crippen molar-refractivity contribution in [1.29, 1.82) is 0 Å². The lowest BCUT2D eigenvalue weighted by Crippen LogP contribution is -2.43. The molecule has 1 unspecified atom stereocenters. The van der Waals surface area contributed by atoms with Crippen LogP contribution in [0, 0.1) is 0 Å². The lowest BCUT2D eigenvalue weighted by molar-refractivity contribution is 0.0295. The number of rotatable bonds is 1. The molecule has 0 bridgehead atoms. The predicted octanol–water partition coefficient (Wildman–Crippen LogP) is 4.01. The molecule has 3 rings (SSSR count). The summed E-state index contributed by atoms with van der Waals surface area (Å²) >= 11 is 0. The Kier molecular flexibility index (Phi) is 3.06. The van der Waals surface area contributed by atoms with E-state index in [-0.39, 0.29) is 5.78 Å². The Morgan fingerprint density at radius 3 is 2.47 bits per heavy atom. The fraction of sp³-hybridized carbons (Fsp3) is 0.471. The molecule has 2 aliphatic carbocycles. The maximum absolute atomic E-state index is 12.8. The van der Waals surface area contributed by atoms with Gasteiger partial charge in [0.05, 0.1) is 0 Å². The van der Waals surface area contributed by atoms with Crippen molar-refractivity contribution in [3.05, 3.63) is 41.0 Å². The molecule has 0 heterocycles. The highest BCUT2D eigenvalue weighted by molar-refractivity contribution is 6.11. The number of benzene rings is 1. The van der Waals surface area contributed by atoms with Crippen LogP contribution < -0.4 is 0 Å². The molecule has 0 fully saturated rings. The molecule has 0 radical (unpaired) electrons. The van der Waals surface area contributed by atoms with Crippen molar-refractivity contribution in [2.24, 2.45) is 0 Å². The van der Waals surface area contributed by atoms with Crippen LogP contribution in [-0.2, 0) is 4.74 Å². The van der Waals surface area contributed by atoms with E-state index in [9.17, 15) is 4.79 Å². The number of hydrogen-bond donors (Lipinski definition) is 0. The van der Waals surface area contributed by atoms with E-state index in [1.165, 1.54) is 24.0 Å². The normalized spacial score (nSPS) is 26.7. The van der Waals surface area contributed by atoms with Crippen molar-refractivity contribution in [2.75, 3.05) is 7.11 Å². The minimum Gasteiger partial charge on any atom is -0.366 e. The van der Waals surface area contributed by atoms with E-state index < -0.39 is 5.60 Å². The van der Waals surface area contributed by atoms with Crippen molar-refractivity contribution >= 4 is 11.4 Å². The Hall–Kier alpha value is -1.41. The van der Waals surface area contributed by atoms with E-state index in [1.54, 1.807) is 7.11 Å². The van der Waals surface area contributed by atoms with Gasteiger partial charge in [0.15, 0.2) is 5.78 Å². The van der Waals surface area contributed by atoms with Gasteiger partial charge in [-0.3, -0.25) is 4.79 Å². The maximum atomic E-state index is 12.8. The number of ketones is 1. The Bertz CT molecular complexity index is 556. The average molecular weight is 256 g/mol. The van der Waals surface area contributed by atoms with Gasteiger partial charge in [0.2, 0.25) is 0 Å². The highest BCUT2D eigenvalue weighted by atomic mass is 16.5. The first-order valence-electron chi connectivity index (χ1n) is 7.10. The molecule has 0 amide bonds. The number of hydrogen-bond acceptors (Lipinski definition) is 2. The van der Waals surface area contributed by atoms with Gasteiger partial charge in [0, 0.05) is 12.7 Å². The third kappa shape index (κ3) is 1.78. The molecular weight excluding hydrogens is 236 g/mol. The van der Waals surface area contributed by atoms with Crippen LogP contribution in [0.15, 0.2) is 29.8 Å². The first-order valence-corrected chi connectivity index (χ1v) is 7.10. The average Bonchev–Trinajstić information content (AvgIpc) is 2.71. The van der Waals surface area contributed by atoms with E-state index in [0.29, 0.717) is 0 Å². The van der Waals surface area contributed by atoms with E-state index in [0.717, 1.165) is 30.4 Å². The first-order chi connectivity index (χ1) is 9.18. The zero-order valence-corrected chi connectivity index (χ0v) is 11.7. The summed E-state index contributed by atoms with van der Waals surface area (Å²) in [6.45, 7) is 1.94. The summed E-state index contributed by atoms with van der Waals surface area (Å²) < 4.78 is 5.67. The fourth-order valence-corrected chi connectivity index (χ4v) is 3.46. The minimum atomic E-state index is -0.756. The smallest absolute Gasteiger partial charge is 0.199 e. The van der Waals surface area contributed by atoms with Crippen molar-refractivity contribution in [1.82, 2.24) is 0 Å². The monoisotopic (exact) mass is 256 g/mol. The van der Waals surface area contributed by atoms with Crippen molar-refractivity contribution < 1.29 is 9.53 Å². The molecular formula is C17H20O2. The molecule has 0 spiro atoms. The zero-order valence-electron chi connectivity index (χ0n) is 11.7. The van der Waals surface area contributed by atoms with Gasteiger partial charge in [-0.2, -0.15) is 0 Å². The molecule has 1 atom stereocenters. The molecule has 1 aromatic carbocycles. The van der Waals surface area contributed by atoms with Crippen LogP contribution in [-0.4, -0.2) is 18.5 Å². The Morgan fingerprint density at radius 2 is 1.74 bits per heavy atom. The summed E-state index contributed by atoms with van der Waals surface area (Å²) in [6.07, 6.45) is 5.66. The van der Waals surface area contributed by atoms with Gasteiger partial charge >= 0.3 is 0 Å². The van der Waals surface area contributed by atoms with Crippen LogP contribution in [0.5, 0.6) is 0 Å². The standard InChI is InChI=1S/C17H20O2/c1-17(19-2)15-11-5-3-4-9-13(15)12-8-6-7-10-14(12)16(17)18/h6-8,10H,3-5,9,11H2,1-2H3. The molecule has 0 aliphatic heterocycles. The first kappa shape index (κ1) is 12.6. The van der Waals surface area contributed by atoms with Crippen LogP contribution in [0.25, 0.3) is 5.57 Å². The largest absolute Gasteiger partial charge is 0.366 e. The van der Waals surface area contributed by atoms with Gasteiger partial charge in [0.1, 0.15) is 5.60 Å². The number of Topliss-reactive ketones (excluding diaryl/α,β-unsaturated/α-hetero) is 1. The fourth-order valence-electron chi connectivity index (χ4n) is 3.46. The summed E-state index contributed by atoms with van der Waals surface area (Å²) in [4.78, 5) is 12.8.